The number of aryl methyl sites for hydroxylation is 2. The fraction of sp³-hybridized carbons (Fsp3) is 0.292. The van der Waals surface area contributed by atoms with Crippen LogP contribution in [0.4, 0.5) is 11.4 Å². The van der Waals surface area contributed by atoms with Gasteiger partial charge in [-0.3, -0.25) is 9.48 Å². The minimum absolute atomic E-state index is 0.110. The number of amides is 1. The molecule has 8 nitrogen and oxygen atoms in total. The Labute approximate surface area is 187 Å². The van der Waals surface area contributed by atoms with Crippen LogP contribution in [-0.2, 0) is 13.1 Å². The van der Waals surface area contributed by atoms with Crippen LogP contribution in [0.2, 0.25) is 0 Å². The number of benzene rings is 2. The average molecular weight is 437 g/mol. The van der Waals surface area contributed by atoms with Gasteiger partial charge in [-0.1, -0.05) is 6.92 Å². The van der Waals surface area contributed by atoms with Crippen molar-refractivity contribution in [1.29, 1.82) is 0 Å². The third kappa shape index (κ3) is 5.26. The highest BCUT2D eigenvalue weighted by Gasteiger charge is 2.17. The van der Waals surface area contributed by atoms with Crippen LogP contribution < -0.4 is 15.0 Å². The summed E-state index contributed by atoms with van der Waals surface area (Å²) in [5.41, 5.74) is 3.47. The molecule has 1 heterocycles. The standard InChI is InChI=1S/C24H28N4O4/c1-5-12-28-19(13-16(2)26-28)15-27(3)22-11-8-18(14-21(22)24(30)31)25-23(29)17-6-9-20(32-4)10-7-17/h6-11,13-14H,5,12,15H2,1-4H3,(H,25,29)(H,30,31). The van der Waals surface area contributed by atoms with Crippen molar-refractivity contribution in [3.05, 3.63) is 71.0 Å². The second-order valence-electron chi connectivity index (χ2n) is 7.58. The molecule has 0 atom stereocenters. The lowest BCUT2D eigenvalue weighted by atomic mass is 10.1. The number of ether oxygens (including phenoxy) is 1. The summed E-state index contributed by atoms with van der Waals surface area (Å²) >= 11 is 0. The first-order chi connectivity index (χ1) is 15.3. The number of nitrogens with zero attached hydrogens (tertiary/aromatic N) is 3. The SMILES string of the molecule is CCCn1nc(C)cc1CN(C)c1ccc(NC(=O)c2ccc(OC)cc2)cc1C(=O)O. The first kappa shape index (κ1) is 22.9. The molecule has 0 bridgehead atoms. The number of carboxylic acid groups (broad SMARTS) is 1. The fourth-order valence-electron chi connectivity index (χ4n) is 3.52. The number of hydrogen-bond acceptors (Lipinski definition) is 5. The molecule has 3 aromatic rings. The largest absolute Gasteiger partial charge is 0.497 e. The van der Waals surface area contributed by atoms with Crippen molar-refractivity contribution in [1.82, 2.24) is 9.78 Å². The number of rotatable bonds is 9. The number of hydrogen-bond donors (Lipinski definition) is 2. The van der Waals surface area contributed by atoms with Gasteiger partial charge in [0.15, 0.2) is 0 Å². The quantitative estimate of drug-likeness (QED) is 0.522. The Kier molecular flexibility index (Phi) is 7.14. The van der Waals surface area contributed by atoms with Crippen LogP contribution in [-0.4, -0.2) is 40.9 Å². The Hall–Kier alpha value is -3.81. The second kappa shape index (κ2) is 10.00. The van der Waals surface area contributed by atoms with Gasteiger partial charge in [-0.15, -0.1) is 0 Å². The fourth-order valence-corrected chi connectivity index (χ4v) is 3.52. The van der Waals surface area contributed by atoms with E-state index in [1.165, 1.54) is 6.07 Å². The van der Waals surface area contributed by atoms with Crippen LogP contribution in [0.1, 0.15) is 45.4 Å². The number of aromatic nitrogens is 2. The zero-order chi connectivity index (χ0) is 23.3. The maximum Gasteiger partial charge on any atom is 0.337 e. The molecule has 0 aliphatic rings. The number of aromatic carboxylic acids is 1. The van der Waals surface area contributed by atoms with E-state index in [2.05, 4.69) is 17.3 Å². The number of carbonyl (C=O) groups excluding carboxylic acids is 1. The van der Waals surface area contributed by atoms with Crippen LogP contribution >= 0.6 is 0 Å². The molecule has 0 fully saturated rings. The molecule has 3 rings (SSSR count). The normalized spacial score (nSPS) is 10.6. The van der Waals surface area contributed by atoms with E-state index in [9.17, 15) is 14.7 Å². The maximum atomic E-state index is 12.5. The molecule has 1 aromatic heterocycles. The number of carboxylic acids is 1. The molecule has 0 saturated carbocycles. The zero-order valence-electron chi connectivity index (χ0n) is 18.8. The molecule has 0 unspecified atom stereocenters. The highest BCUT2D eigenvalue weighted by atomic mass is 16.5. The van der Waals surface area contributed by atoms with Gasteiger partial charge in [0.05, 0.1) is 36.3 Å². The van der Waals surface area contributed by atoms with Crippen LogP contribution in [0, 0.1) is 6.92 Å². The topological polar surface area (TPSA) is 96.7 Å². The molecule has 2 N–H and O–H groups in total. The molecule has 1 amide bonds. The summed E-state index contributed by atoms with van der Waals surface area (Å²) in [6, 6.07) is 13.6. The molecule has 0 radical (unpaired) electrons. The first-order valence-electron chi connectivity index (χ1n) is 10.4. The lowest BCUT2D eigenvalue weighted by Gasteiger charge is -2.22. The molecule has 168 valence electrons. The van der Waals surface area contributed by atoms with Gasteiger partial charge in [0.2, 0.25) is 0 Å². The van der Waals surface area contributed by atoms with E-state index in [-0.39, 0.29) is 11.5 Å². The highest BCUT2D eigenvalue weighted by molar-refractivity contribution is 6.05. The van der Waals surface area contributed by atoms with Crippen LogP contribution in [0.3, 0.4) is 0 Å². The Morgan fingerprint density at radius 3 is 2.50 bits per heavy atom. The van der Waals surface area contributed by atoms with Gasteiger partial charge in [0, 0.05) is 24.8 Å². The van der Waals surface area contributed by atoms with Crippen molar-refractivity contribution in [3.8, 4) is 5.75 Å². The van der Waals surface area contributed by atoms with Gasteiger partial charge in [0.25, 0.3) is 5.91 Å². The van der Waals surface area contributed by atoms with E-state index >= 15 is 0 Å². The van der Waals surface area contributed by atoms with E-state index in [4.69, 9.17) is 4.74 Å². The van der Waals surface area contributed by atoms with Crippen molar-refractivity contribution in [2.75, 3.05) is 24.4 Å². The summed E-state index contributed by atoms with van der Waals surface area (Å²) < 4.78 is 7.06. The molecule has 32 heavy (non-hydrogen) atoms. The van der Waals surface area contributed by atoms with Crippen molar-refractivity contribution in [2.45, 2.75) is 33.4 Å². The van der Waals surface area contributed by atoms with Gasteiger partial charge in [-0.05, 0) is 61.9 Å². The summed E-state index contributed by atoms with van der Waals surface area (Å²) in [6.45, 7) is 5.35. The first-order valence-corrected chi connectivity index (χ1v) is 10.4. The summed E-state index contributed by atoms with van der Waals surface area (Å²) in [5, 5.41) is 17.1. The molecule has 0 aliphatic heterocycles. The van der Waals surface area contributed by atoms with Crippen molar-refractivity contribution in [2.24, 2.45) is 0 Å². The predicted octanol–water partition coefficient (Wildman–Crippen LogP) is 4.20. The lowest BCUT2D eigenvalue weighted by Crippen LogP contribution is -2.22. The number of nitrogens with one attached hydrogen (secondary N) is 1. The third-order valence-corrected chi connectivity index (χ3v) is 5.07. The molecule has 0 aliphatic carbocycles. The Balaban J connectivity index is 1.81. The highest BCUT2D eigenvalue weighted by Crippen LogP contribution is 2.26. The molecular formula is C24H28N4O4. The third-order valence-electron chi connectivity index (χ3n) is 5.07. The van der Waals surface area contributed by atoms with E-state index in [1.54, 1.807) is 43.5 Å². The van der Waals surface area contributed by atoms with Crippen LogP contribution in [0.15, 0.2) is 48.5 Å². The Morgan fingerprint density at radius 1 is 1.16 bits per heavy atom. The van der Waals surface area contributed by atoms with Crippen molar-refractivity contribution >= 4 is 23.3 Å². The zero-order valence-corrected chi connectivity index (χ0v) is 18.8. The van der Waals surface area contributed by atoms with Crippen LogP contribution in [0.25, 0.3) is 0 Å². The summed E-state index contributed by atoms with van der Waals surface area (Å²) in [6.07, 6.45) is 0.959. The van der Waals surface area contributed by atoms with Gasteiger partial charge >= 0.3 is 5.97 Å². The second-order valence-corrected chi connectivity index (χ2v) is 7.58. The maximum absolute atomic E-state index is 12.5. The van der Waals surface area contributed by atoms with E-state index < -0.39 is 5.97 Å². The van der Waals surface area contributed by atoms with Crippen molar-refractivity contribution < 1.29 is 19.4 Å². The van der Waals surface area contributed by atoms with Gasteiger partial charge in [0.1, 0.15) is 5.75 Å². The summed E-state index contributed by atoms with van der Waals surface area (Å²) in [4.78, 5) is 26.4. The Morgan fingerprint density at radius 2 is 1.88 bits per heavy atom. The number of methoxy groups -OCH3 is 1. The summed E-state index contributed by atoms with van der Waals surface area (Å²) in [5.74, 6) is -0.743. The molecule has 0 spiro atoms. The molecule has 0 saturated heterocycles. The number of anilines is 2. The molecular weight excluding hydrogens is 408 g/mol. The van der Waals surface area contributed by atoms with Gasteiger partial charge < -0.3 is 20.1 Å². The van der Waals surface area contributed by atoms with E-state index in [1.807, 2.05) is 29.6 Å². The van der Waals surface area contributed by atoms with E-state index in [0.717, 1.165) is 24.4 Å². The van der Waals surface area contributed by atoms with Gasteiger partial charge in [-0.2, -0.15) is 5.10 Å². The van der Waals surface area contributed by atoms with Crippen molar-refractivity contribution in [3.63, 3.8) is 0 Å². The molecule has 2 aromatic carbocycles. The van der Waals surface area contributed by atoms with E-state index in [0.29, 0.717) is 29.2 Å². The van der Waals surface area contributed by atoms with Gasteiger partial charge in [-0.25, -0.2) is 4.79 Å². The lowest BCUT2D eigenvalue weighted by molar-refractivity contribution is 0.0697. The minimum atomic E-state index is -1.06. The number of carbonyl (C=O) groups is 2. The molecule has 8 heteroatoms. The van der Waals surface area contributed by atoms with Crippen LogP contribution in [0.5, 0.6) is 5.75 Å². The predicted molar refractivity (Wildman–Crippen MR) is 124 cm³/mol. The Bertz CT molecular complexity index is 1110. The monoisotopic (exact) mass is 436 g/mol. The average Bonchev–Trinajstić information content (AvgIpc) is 3.12. The minimum Gasteiger partial charge on any atom is -0.497 e. The smallest absolute Gasteiger partial charge is 0.337 e. The summed E-state index contributed by atoms with van der Waals surface area (Å²) in [7, 11) is 3.40.